The highest BCUT2D eigenvalue weighted by Gasteiger charge is 2.40. The first-order valence-electron chi connectivity index (χ1n) is 4.25. The molecule has 0 spiro atoms. The maximum atomic E-state index is 10.7. The van der Waals surface area contributed by atoms with Crippen molar-refractivity contribution in [1.82, 2.24) is 0 Å². The summed E-state index contributed by atoms with van der Waals surface area (Å²) in [6, 6.07) is 6.77. The van der Waals surface area contributed by atoms with Crippen LogP contribution in [0.15, 0.2) is 24.3 Å². The van der Waals surface area contributed by atoms with Crippen LogP contribution in [-0.4, -0.2) is 26.9 Å². The van der Waals surface area contributed by atoms with Crippen molar-refractivity contribution in [3.63, 3.8) is 0 Å². The summed E-state index contributed by atoms with van der Waals surface area (Å²) < 4.78 is 0.712. The molecule has 2 unspecified atom stereocenters. The molecule has 0 radical (unpaired) electrons. The fourth-order valence-electron chi connectivity index (χ4n) is 1.12. The highest BCUT2D eigenvalue weighted by atomic mass is 127. The molecule has 0 bridgehead atoms. The third-order valence-electron chi connectivity index (χ3n) is 2.17. The number of hydrogen-bond acceptors (Lipinski definition) is 3. The fraction of sp³-hybridized carbons (Fsp3) is 0.300. The standard InChI is InChI=1S/C10H11IO4/c1-10(15,9(13)14)8(12)6-4-2-3-5-7(6)11/h2-5,8,12,15H,1H3,(H,13,14). The summed E-state index contributed by atoms with van der Waals surface area (Å²) in [4.78, 5) is 10.7. The van der Waals surface area contributed by atoms with Gasteiger partial charge in [0.15, 0.2) is 5.60 Å². The van der Waals surface area contributed by atoms with Gasteiger partial charge in [-0.05, 0) is 41.1 Å². The third kappa shape index (κ3) is 2.47. The zero-order valence-electron chi connectivity index (χ0n) is 8.01. The molecule has 1 aromatic carbocycles. The van der Waals surface area contributed by atoms with Gasteiger partial charge in [0.2, 0.25) is 0 Å². The van der Waals surface area contributed by atoms with Crippen molar-refractivity contribution in [1.29, 1.82) is 0 Å². The van der Waals surface area contributed by atoms with Gasteiger partial charge < -0.3 is 15.3 Å². The lowest BCUT2D eigenvalue weighted by Gasteiger charge is -2.25. The number of rotatable bonds is 3. The number of carbonyl (C=O) groups is 1. The van der Waals surface area contributed by atoms with E-state index in [9.17, 15) is 15.0 Å². The van der Waals surface area contributed by atoms with Crippen LogP contribution in [-0.2, 0) is 4.79 Å². The molecule has 1 aromatic rings. The van der Waals surface area contributed by atoms with E-state index in [1.807, 2.05) is 22.6 Å². The van der Waals surface area contributed by atoms with Gasteiger partial charge in [0.1, 0.15) is 6.10 Å². The molecule has 0 fully saturated rings. The Bertz CT molecular complexity index is 375. The van der Waals surface area contributed by atoms with Gasteiger partial charge in [-0.2, -0.15) is 0 Å². The van der Waals surface area contributed by atoms with Gasteiger partial charge in [-0.25, -0.2) is 4.79 Å². The van der Waals surface area contributed by atoms with Crippen molar-refractivity contribution >= 4 is 28.6 Å². The molecule has 0 aliphatic carbocycles. The predicted molar refractivity (Wildman–Crippen MR) is 62.4 cm³/mol. The Morgan fingerprint density at radius 2 is 2.00 bits per heavy atom. The lowest BCUT2D eigenvalue weighted by molar-refractivity contribution is -0.169. The van der Waals surface area contributed by atoms with Crippen molar-refractivity contribution < 1.29 is 20.1 Å². The molecule has 82 valence electrons. The molecule has 0 aliphatic heterocycles. The Morgan fingerprint density at radius 3 is 2.47 bits per heavy atom. The Balaban J connectivity index is 3.10. The number of hydrogen-bond donors (Lipinski definition) is 3. The Labute approximate surface area is 101 Å². The second-order valence-corrected chi connectivity index (χ2v) is 4.54. The molecule has 0 amide bonds. The van der Waals surface area contributed by atoms with E-state index in [0.717, 1.165) is 6.92 Å². The summed E-state index contributed by atoms with van der Waals surface area (Å²) in [5.74, 6) is -1.45. The molecule has 0 aromatic heterocycles. The smallest absolute Gasteiger partial charge is 0.338 e. The number of benzene rings is 1. The summed E-state index contributed by atoms with van der Waals surface area (Å²) in [5.41, 5.74) is -1.77. The fourth-order valence-corrected chi connectivity index (χ4v) is 1.80. The van der Waals surface area contributed by atoms with Crippen molar-refractivity contribution in [3.05, 3.63) is 33.4 Å². The van der Waals surface area contributed by atoms with Crippen LogP contribution in [0, 0.1) is 3.57 Å². The molecule has 15 heavy (non-hydrogen) atoms. The largest absolute Gasteiger partial charge is 0.479 e. The van der Waals surface area contributed by atoms with Crippen LogP contribution in [0.3, 0.4) is 0 Å². The van der Waals surface area contributed by atoms with Gasteiger partial charge in [-0.1, -0.05) is 18.2 Å². The quantitative estimate of drug-likeness (QED) is 0.730. The first-order chi connectivity index (χ1) is 6.87. The number of halogens is 1. The van der Waals surface area contributed by atoms with Gasteiger partial charge in [-0.3, -0.25) is 0 Å². The molecule has 4 nitrogen and oxygen atoms in total. The predicted octanol–water partition coefficient (Wildman–Crippen LogP) is 1.16. The van der Waals surface area contributed by atoms with E-state index in [-0.39, 0.29) is 0 Å². The minimum Gasteiger partial charge on any atom is -0.479 e. The molecule has 0 heterocycles. The van der Waals surface area contributed by atoms with E-state index < -0.39 is 17.7 Å². The Hall–Kier alpha value is -0.660. The van der Waals surface area contributed by atoms with Crippen molar-refractivity contribution in [3.8, 4) is 0 Å². The maximum absolute atomic E-state index is 10.7. The Kier molecular flexibility index (Phi) is 3.69. The van der Waals surface area contributed by atoms with Gasteiger partial charge in [0.05, 0.1) is 0 Å². The minimum atomic E-state index is -2.18. The molecular formula is C10H11IO4. The number of carboxylic acid groups (broad SMARTS) is 1. The first kappa shape index (κ1) is 12.4. The van der Waals surface area contributed by atoms with Crippen LogP contribution in [0.5, 0.6) is 0 Å². The van der Waals surface area contributed by atoms with Gasteiger partial charge in [-0.15, -0.1) is 0 Å². The average Bonchev–Trinajstić information content (AvgIpc) is 2.17. The van der Waals surface area contributed by atoms with E-state index in [1.54, 1.807) is 24.3 Å². The number of aliphatic carboxylic acids is 1. The maximum Gasteiger partial charge on any atom is 0.338 e. The molecule has 1 rings (SSSR count). The molecule has 5 heteroatoms. The highest BCUT2D eigenvalue weighted by Crippen LogP contribution is 2.29. The topological polar surface area (TPSA) is 77.8 Å². The van der Waals surface area contributed by atoms with Crippen LogP contribution >= 0.6 is 22.6 Å². The molecule has 0 saturated heterocycles. The molecule has 2 atom stereocenters. The second-order valence-electron chi connectivity index (χ2n) is 3.38. The van der Waals surface area contributed by atoms with Crippen LogP contribution in [0.1, 0.15) is 18.6 Å². The number of aliphatic hydroxyl groups excluding tert-OH is 1. The highest BCUT2D eigenvalue weighted by molar-refractivity contribution is 14.1. The summed E-state index contributed by atoms with van der Waals surface area (Å²) in [6.45, 7) is 1.07. The van der Waals surface area contributed by atoms with Crippen LogP contribution in [0.4, 0.5) is 0 Å². The van der Waals surface area contributed by atoms with Crippen molar-refractivity contribution in [2.75, 3.05) is 0 Å². The van der Waals surface area contributed by atoms with Gasteiger partial charge >= 0.3 is 5.97 Å². The number of carboxylic acids is 1. The average molecular weight is 322 g/mol. The van der Waals surface area contributed by atoms with E-state index in [4.69, 9.17) is 5.11 Å². The summed E-state index contributed by atoms with van der Waals surface area (Å²) in [6.07, 6.45) is -1.44. The minimum absolute atomic E-state index is 0.408. The lowest BCUT2D eigenvalue weighted by atomic mass is 9.93. The molecule has 0 saturated carbocycles. The van der Waals surface area contributed by atoms with Gasteiger partial charge in [0.25, 0.3) is 0 Å². The van der Waals surface area contributed by atoms with Gasteiger partial charge in [0, 0.05) is 3.57 Å². The van der Waals surface area contributed by atoms with Crippen LogP contribution in [0.25, 0.3) is 0 Å². The molecular weight excluding hydrogens is 311 g/mol. The van der Waals surface area contributed by atoms with Crippen LogP contribution < -0.4 is 0 Å². The van der Waals surface area contributed by atoms with E-state index in [2.05, 4.69) is 0 Å². The monoisotopic (exact) mass is 322 g/mol. The summed E-state index contributed by atoms with van der Waals surface area (Å²) >= 11 is 1.97. The van der Waals surface area contributed by atoms with E-state index >= 15 is 0 Å². The zero-order chi connectivity index (χ0) is 11.6. The Morgan fingerprint density at radius 1 is 1.47 bits per heavy atom. The summed E-state index contributed by atoms with van der Waals surface area (Å²) in [7, 11) is 0. The normalized spacial score (nSPS) is 16.8. The molecule has 0 aliphatic rings. The SMILES string of the molecule is CC(O)(C(=O)O)C(O)c1ccccc1I. The van der Waals surface area contributed by atoms with Crippen molar-refractivity contribution in [2.45, 2.75) is 18.6 Å². The van der Waals surface area contributed by atoms with E-state index in [1.165, 1.54) is 0 Å². The third-order valence-corrected chi connectivity index (χ3v) is 3.15. The van der Waals surface area contributed by atoms with E-state index in [0.29, 0.717) is 9.13 Å². The first-order valence-corrected chi connectivity index (χ1v) is 5.33. The van der Waals surface area contributed by atoms with Crippen molar-refractivity contribution in [2.24, 2.45) is 0 Å². The second kappa shape index (κ2) is 4.46. The number of aliphatic hydroxyl groups is 2. The van der Waals surface area contributed by atoms with Crippen LogP contribution in [0.2, 0.25) is 0 Å². The lowest BCUT2D eigenvalue weighted by Crippen LogP contribution is -2.41. The summed E-state index contributed by atoms with van der Waals surface area (Å²) in [5, 5.41) is 28.1. The molecule has 3 N–H and O–H groups in total. The zero-order valence-corrected chi connectivity index (χ0v) is 10.2.